The molecule has 3 heterocycles. The number of alkyl halides is 3. The Kier molecular flexibility index (Phi) is 6.46. The zero-order valence-corrected chi connectivity index (χ0v) is 17.7. The molecule has 1 unspecified atom stereocenters. The van der Waals surface area contributed by atoms with E-state index in [9.17, 15) is 13.2 Å². The molecular weight excluding hydrogens is 429 g/mol. The molecule has 0 saturated carbocycles. The number of ether oxygens (including phenoxy) is 2. The number of nitrogens with zero attached hydrogens (tertiary/aromatic N) is 5. The van der Waals surface area contributed by atoms with Gasteiger partial charge in [-0.2, -0.15) is 23.3 Å². The third-order valence-electron chi connectivity index (χ3n) is 4.37. The van der Waals surface area contributed by atoms with Crippen LogP contribution in [0.1, 0.15) is 12.5 Å². The molecule has 0 aromatic carbocycles. The van der Waals surface area contributed by atoms with Gasteiger partial charge in [0.05, 0.1) is 12.7 Å². The van der Waals surface area contributed by atoms with Gasteiger partial charge in [0.2, 0.25) is 5.88 Å². The van der Waals surface area contributed by atoms with Crippen LogP contribution in [0.25, 0.3) is 11.5 Å². The molecule has 170 valence electrons. The van der Waals surface area contributed by atoms with Crippen molar-refractivity contribution >= 4 is 23.7 Å². The lowest BCUT2D eigenvalue weighted by Gasteiger charge is -2.20. The van der Waals surface area contributed by atoms with Gasteiger partial charge in [-0.05, 0) is 6.92 Å². The molecule has 0 radical (unpaired) electrons. The molecule has 0 saturated heterocycles. The normalized spacial score (nSPS) is 12.2. The second kappa shape index (κ2) is 9.08. The minimum atomic E-state index is -4.57. The maximum absolute atomic E-state index is 13.0. The van der Waals surface area contributed by atoms with Crippen LogP contribution < -0.4 is 20.1 Å². The Morgan fingerprint density at radius 3 is 2.62 bits per heavy atom. The van der Waals surface area contributed by atoms with Crippen LogP contribution in [0.15, 0.2) is 24.4 Å². The number of pyridine rings is 1. The quantitative estimate of drug-likeness (QED) is 0.447. The van der Waals surface area contributed by atoms with Crippen molar-refractivity contribution in [2.45, 2.75) is 19.2 Å². The van der Waals surface area contributed by atoms with Crippen LogP contribution in [0.3, 0.4) is 0 Å². The van der Waals surface area contributed by atoms with Crippen molar-refractivity contribution in [3.63, 3.8) is 0 Å². The van der Waals surface area contributed by atoms with Crippen molar-refractivity contribution in [1.82, 2.24) is 24.7 Å². The predicted octanol–water partition coefficient (Wildman–Crippen LogP) is 3.39. The van der Waals surface area contributed by atoms with Gasteiger partial charge in [0.1, 0.15) is 28.9 Å². The number of anilines is 3. The van der Waals surface area contributed by atoms with Gasteiger partial charge in [0.25, 0.3) is 0 Å². The molecule has 3 N–H and O–H groups in total. The number of aryl methyl sites for hydroxylation is 1. The van der Waals surface area contributed by atoms with Crippen molar-refractivity contribution in [1.29, 1.82) is 5.41 Å². The summed E-state index contributed by atoms with van der Waals surface area (Å²) in [6, 6.07) is 4.54. The molecule has 3 aromatic rings. The molecule has 0 aliphatic rings. The molecule has 3 aromatic heterocycles. The smallest absolute Gasteiger partial charge is 0.425 e. The van der Waals surface area contributed by atoms with Crippen molar-refractivity contribution in [2.75, 3.05) is 24.8 Å². The molecule has 1 atom stereocenters. The van der Waals surface area contributed by atoms with Crippen molar-refractivity contribution in [3.05, 3.63) is 30.0 Å². The summed E-state index contributed by atoms with van der Waals surface area (Å²) < 4.78 is 50.7. The van der Waals surface area contributed by atoms with Gasteiger partial charge < -0.3 is 25.5 Å². The second-order valence-electron chi connectivity index (χ2n) is 6.55. The SMILES string of the molecule is CNc1nc(Nc2cc(-c3nccc(OC)n3)nn2C)cc(OC(C)C(F)(F)F)c1C=N. The zero-order chi connectivity index (χ0) is 23.5. The van der Waals surface area contributed by atoms with Crippen LogP contribution >= 0.6 is 0 Å². The molecular formula is C19H21F3N8O2. The van der Waals surface area contributed by atoms with E-state index in [-0.39, 0.29) is 22.9 Å². The van der Waals surface area contributed by atoms with Crippen LogP contribution in [0.5, 0.6) is 11.6 Å². The monoisotopic (exact) mass is 450 g/mol. The van der Waals surface area contributed by atoms with Gasteiger partial charge in [-0.1, -0.05) is 0 Å². The summed E-state index contributed by atoms with van der Waals surface area (Å²) in [5, 5.41) is 17.7. The average molecular weight is 450 g/mol. The molecule has 32 heavy (non-hydrogen) atoms. The number of hydrogen-bond donors (Lipinski definition) is 3. The van der Waals surface area contributed by atoms with Crippen molar-refractivity contribution in [2.24, 2.45) is 7.05 Å². The van der Waals surface area contributed by atoms with E-state index >= 15 is 0 Å². The zero-order valence-electron chi connectivity index (χ0n) is 17.7. The predicted molar refractivity (Wildman–Crippen MR) is 112 cm³/mol. The summed E-state index contributed by atoms with van der Waals surface area (Å²) in [6.45, 7) is 0.891. The van der Waals surface area contributed by atoms with E-state index in [1.54, 1.807) is 26.2 Å². The van der Waals surface area contributed by atoms with Gasteiger partial charge >= 0.3 is 6.18 Å². The fourth-order valence-electron chi connectivity index (χ4n) is 2.68. The molecule has 0 aliphatic heterocycles. The third-order valence-corrected chi connectivity index (χ3v) is 4.37. The van der Waals surface area contributed by atoms with E-state index in [1.165, 1.54) is 24.1 Å². The molecule has 0 bridgehead atoms. The first kappa shape index (κ1) is 22.8. The Morgan fingerprint density at radius 2 is 2.00 bits per heavy atom. The molecule has 10 nitrogen and oxygen atoms in total. The molecule has 0 spiro atoms. The lowest BCUT2D eigenvalue weighted by atomic mass is 10.2. The van der Waals surface area contributed by atoms with Gasteiger partial charge in [0.15, 0.2) is 11.9 Å². The first-order chi connectivity index (χ1) is 15.2. The highest BCUT2D eigenvalue weighted by Gasteiger charge is 2.38. The van der Waals surface area contributed by atoms with Crippen molar-refractivity contribution in [3.8, 4) is 23.1 Å². The maximum Gasteiger partial charge on any atom is 0.425 e. The lowest BCUT2D eigenvalue weighted by molar-refractivity contribution is -0.189. The third kappa shape index (κ3) is 4.87. The minimum absolute atomic E-state index is 0.0876. The first-order valence-corrected chi connectivity index (χ1v) is 9.31. The van der Waals surface area contributed by atoms with E-state index < -0.39 is 12.3 Å². The maximum atomic E-state index is 13.0. The van der Waals surface area contributed by atoms with E-state index in [1.807, 2.05) is 0 Å². The van der Waals surface area contributed by atoms with E-state index in [0.717, 1.165) is 13.1 Å². The first-order valence-electron chi connectivity index (χ1n) is 9.31. The molecule has 3 rings (SSSR count). The van der Waals surface area contributed by atoms with Gasteiger partial charge in [-0.3, -0.25) is 4.68 Å². The average Bonchev–Trinajstić information content (AvgIpc) is 3.12. The molecule has 0 amide bonds. The summed E-state index contributed by atoms with van der Waals surface area (Å²) in [5.74, 6) is 1.39. The number of hydrogen-bond acceptors (Lipinski definition) is 9. The van der Waals surface area contributed by atoms with Gasteiger partial charge in [-0.15, -0.1) is 0 Å². The number of methoxy groups -OCH3 is 1. The van der Waals surface area contributed by atoms with E-state index in [4.69, 9.17) is 14.9 Å². The number of aromatic nitrogens is 5. The Labute approximate surface area is 181 Å². The van der Waals surface area contributed by atoms with E-state index in [0.29, 0.717) is 23.2 Å². The Morgan fingerprint density at radius 1 is 1.25 bits per heavy atom. The van der Waals surface area contributed by atoms with E-state index in [2.05, 4.69) is 30.7 Å². The Balaban J connectivity index is 1.95. The van der Waals surface area contributed by atoms with Crippen LogP contribution in [0.2, 0.25) is 0 Å². The van der Waals surface area contributed by atoms with Crippen LogP contribution in [0, 0.1) is 5.41 Å². The summed E-state index contributed by atoms with van der Waals surface area (Å²) in [7, 11) is 4.69. The highest BCUT2D eigenvalue weighted by Crippen LogP contribution is 2.32. The number of halogens is 3. The number of nitrogens with one attached hydrogen (secondary N) is 3. The van der Waals surface area contributed by atoms with Gasteiger partial charge in [-0.25, -0.2) is 9.97 Å². The minimum Gasteiger partial charge on any atom is -0.481 e. The lowest BCUT2D eigenvalue weighted by Crippen LogP contribution is -2.31. The fourth-order valence-corrected chi connectivity index (χ4v) is 2.68. The largest absolute Gasteiger partial charge is 0.481 e. The molecule has 0 aliphatic carbocycles. The summed E-state index contributed by atoms with van der Waals surface area (Å²) in [5.41, 5.74) is 0.533. The number of rotatable bonds is 8. The standard InChI is InChI=1S/C19H21F3N8O2/c1-10(19(20,21)22)32-13-8-14(27-17(24-2)11(13)9-23)26-15-7-12(29-30(15)3)18-25-6-5-16(28-18)31-4/h5-10,23H,1-4H3,(H2,24,26,27). The Bertz CT molecular complexity index is 1120. The van der Waals surface area contributed by atoms with Crippen LogP contribution in [0.4, 0.5) is 30.6 Å². The Hall–Kier alpha value is -3.90. The molecule has 13 heteroatoms. The van der Waals surface area contributed by atoms with Gasteiger partial charge in [0, 0.05) is 44.7 Å². The van der Waals surface area contributed by atoms with Crippen LogP contribution in [-0.2, 0) is 7.05 Å². The van der Waals surface area contributed by atoms with Crippen LogP contribution in [-0.4, -0.2) is 57.4 Å². The summed E-state index contributed by atoms with van der Waals surface area (Å²) in [6.07, 6.45) is -4.23. The summed E-state index contributed by atoms with van der Waals surface area (Å²) in [4.78, 5) is 12.7. The summed E-state index contributed by atoms with van der Waals surface area (Å²) >= 11 is 0. The fraction of sp³-hybridized carbons (Fsp3) is 0.316. The molecule has 0 fully saturated rings. The second-order valence-corrected chi connectivity index (χ2v) is 6.55. The highest BCUT2D eigenvalue weighted by molar-refractivity contribution is 5.89. The highest BCUT2D eigenvalue weighted by atomic mass is 19.4. The topological polar surface area (TPSA) is 123 Å². The van der Waals surface area contributed by atoms with Crippen molar-refractivity contribution < 1.29 is 22.6 Å².